The lowest BCUT2D eigenvalue weighted by Gasteiger charge is -2.29. The maximum Gasteiger partial charge on any atom is 0.407 e. The molecule has 0 fully saturated rings. The van der Waals surface area contributed by atoms with Gasteiger partial charge in [0.25, 0.3) is 0 Å². The number of anilines is 1. The van der Waals surface area contributed by atoms with Gasteiger partial charge in [-0.15, -0.1) is 24.0 Å². The molecule has 1 heterocycles. The van der Waals surface area contributed by atoms with Crippen molar-refractivity contribution in [3.8, 4) is 0 Å². The molecule has 1 aliphatic rings. The standard InChI is InChI=1S/C20H31N5O3.HI/c1-20(2,3)28-19(27)23-12-11-22-18(21-4)24-14-17(26)25-13-7-9-15-8-5-6-10-16(15)25;/h5-6,8,10H,7,9,11-14H2,1-4H3,(H,23,27)(H2,21,22,24);1H. The van der Waals surface area contributed by atoms with Gasteiger partial charge in [0.2, 0.25) is 5.91 Å². The molecule has 0 saturated carbocycles. The van der Waals surface area contributed by atoms with Crippen molar-refractivity contribution >= 4 is 47.6 Å². The number of hydrogen-bond donors (Lipinski definition) is 3. The fourth-order valence-electron chi connectivity index (χ4n) is 2.93. The Labute approximate surface area is 189 Å². The van der Waals surface area contributed by atoms with Gasteiger partial charge in [-0.2, -0.15) is 0 Å². The number of rotatable bonds is 5. The average molecular weight is 517 g/mol. The van der Waals surface area contributed by atoms with Crippen LogP contribution >= 0.6 is 24.0 Å². The number of nitrogens with one attached hydrogen (secondary N) is 3. The lowest BCUT2D eigenvalue weighted by Crippen LogP contribution is -2.47. The van der Waals surface area contributed by atoms with E-state index in [1.807, 2.05) is 43.9 Å². The molecule has 29 heavy (non-hydrogen) atoms. The van der Waals surface area contributed by atoms with Crippen molar-refractivity contribution in [2.24, 2.45) is 4.99 Å². The van der Waals surface area contributed by atoms with E-state index in [1.165, 1.54) is 5.56 Å². The second kappa shape index (κ2) is 11.8. The van der Waals surface area contributed by atoms with Gasteiger partial charge in [-0.25, -0.2) is 4.79 Å². The summed E-state index contributed by atoms with van der Waals surface area (Å²) in [7, 11) is 1.64. The molecule has 1 aromatic rings. The first-order valence-corrected chi connectivity index (χ1v) is 9.60. The number of ether oxygens (including phenoxy) is 1. The summed E-state index contributed by atoms with van der Waals surface area (Å²) in [6, 6.07) is 8.01. The largest absolute Gasteiger partial charge is 0.444 e. The van der Waals surface area contributed by atoms with Crippen molar-refractivity contribution < 1.29 is 14.3 Å². The molecule has 8 nitrogen and oxygen atoms in total. The molecule has 2 amide bonds. The number of aryl methyl sites for hydroxylation is 1. The third-order valence-electron chi connectivity index (χ3n) is 4.13. The number of carbonyl (C=O) groups excluding carboxylic acids is 2. The summed E-state index contributed by atoms with van der Waals surface area (Å²) in [4.78, 5) is 30.2. The van der Waals surface area contributed by atoms with E-state index in [9.17, 15) is 9.59 Å². The Kier molecular flexibility index (Phi) is 10.2. The van der Waals surface area contributed by atoms with Crippen LogP contribution in [0.5, 0.6) is 0 Å². The lowest BCUT2D eigenvalue weighted by atomic mass is 10.0. The van der Waals surface area contributed by atoms with Gasteiger partial charge >= 0.3 is 6.09 Å². The van der Waals surface area contributed by atoms with Gasteiger partial charge in [0.15, 0.2) is 5.96 Å². The number of para-hydroxylation sites is 1. The first kappa shape index (κ1) is 25.0. The van der Waals surface area contributed by atoms with E-state index in [0.29, 0.717) is 19.0 Å². The molecule has 0 atom stereocenters. The van der Waals surface area contributed by atoms with Crippen LogP contribution in [0.4, 0.5) is 10.5 Å². The van der Waals surface area contributed by atoms with Crippen LogP contribution in [-0.2, 0) is 16.0 Å². The van der Waals surface area contributed by atoms with E-state index in [-0.39, 0.29) is 36.4 Å². The Morgan fingerprint density at radius 1 is 1.14 bits per heavy atom. The minimum absolute atomic E-state index is 0. The SMILES string of the molecule is CN=C(NCCNC(=O)OC(C)(C)C)NCC(=O)N1CCCc2ccccc21.I. The minimum Gasteiger partial charge on any atom is -0.444 e. The molecule has 1 aliphatic heterocycles. The zero-order valence-corrected chi connectivity index (χ0v) is 19.9. The van der Waals surface area contributed by atoms with Gasteiger partial charge in [-0.05, 0) is 45.2 Å². The quantitative estimate of drug-likeness (QED) is 0.241. The molecule has 0 aliphatic carbocycles. The molecule has 0 bridgehead atoms. The van der Waals surface area contributed by atoms with Gasteiger partial charge in [0.1, 0.15) is 5.60 Å². The number of carbonyl (C=O) groups is 2. The lowest BCUT2D eigenvalue weighted by molar-refractivity contribution is -0.117. The van der Waals surface area contributed by atoms with E-state index < -0.39 is 11.7 Å². The molecule has 2 rings (SSSR count). The fourth-order valence-corrected chi connectivity index (χ4v) is 2.93. The van der Waals surface area contributed by atoms with E-state index in [0.717, 1.165) is 25.1 Å². The topological polar surface area (TPSA) is 95.1 Å². The Hall–Kier alpha value is -2.04. The van der Waals surface area contributed by atoms with Gasteiger partial charge < -0.3 is 25.6 Å². The van der Waals surface area contributed by atoms with Crippen LogP contribution in [0.15, 0.2) is 29.3 Å². The Balaban J connectivity index is 0.00000420. The highest BCUT2D eigenvalue weighted by atomic mass is 127. The summed E-state index contributed by atoms with van der Waals surface area (Å²) in [6.07, 6.45) is 1.50. The summed E-state index contributed by atoms with van der Waals surface area (Å²) in [5, 5.41) is 8.75. The number of halogens is 1. The molecule has 0 saturated heterocycles. The molecule has 9 heteroatoms. The normalized spacial score (nSPS) is 13.7. The molecule has 0 radical (unpaired) electrons. The number of benzene rings is 1. The highest BCUT2D eigenvalue weighted by Crippen LogP contribution is 2.26. The maximum absolute atomic E-state index is 12.6. The number of hydrogen-bond acceptors (Lipinski definition) is 4. The van der Waals surface area contributed by atoms with Crippen LogP contribution in [0.3, 0.4) is 0 Å². The van der Waals surface area contributed by atoms with Crippen molar-refractivity contribution in [1.29, 1.82) is 0 Å². The second-order valence-corrected chi connectivity index (χ2v) is 7.56. The summed E-state index contributed by atoms with van der Waals surface area (Å²) in [5.41, 5.74) is 1.67. The Morgan fingerprint density at radius 2 is 1.83 bits per heavy atom. The second-order valence-electron chi connectivity index (χ2n) is 7.56. The summed E-state index contributed by atoms with van der Waals surface area (Å²) in [5.74, 6) is 0.506. The number of fused-ring (bicyclic) bond motifs is 1. The molecule has 0 spiro atoms. The average Bonchev–Trinajstić information content (AvgIpc) is 2.65. The number of alkyl carbamates (subject to hydrolysis) is 1. The molecule has 0 unspecified atom stereocenters. The number of nitrogens with zero attached hydrogens (tertiary/aromatic N) is 2. The summed E-state index contributed by atoms with van der Waals surface area (Å²) >= 11 is 0. The van der Waals surface area contributed by atoms with Crippen LogP contribution in [-0.4, -0.2) is 56.8 Å². The zero-order chi connectivity index (χ0) is 20.6. The predicted octanol–water partition coefficient (Wildman–Crippen LogP) is 2.27. The van der Waals surface area contributed by atoms with Crippen LogP contribution in [0.25, 0.3) is 0 Å². The number of amides is 2. The maximum atomic E-state index is 12.6. The summed E-state index contributed by atoms with van der Waals surface area (Å²) < 4.78 is 5.17. The number of aliphatic imine (C=N–C) groups is 1. The van der Waals surface area contributed by atoms with Crippen molar-refractivity contribution in [2.45, 2.75) is 39.2 Å². The van der Waals surface area contributed by atoms with Crippen molar-refractivity contribution in [3.05, 3.63) is 29.8 Å². The van der Waals surface area contributed by atoms with Crippen molar-refractivity contribution in [2.75, 3.05) is 38.1 Å². The van der Waals surface area contributed by atoms with Crippen molar-refractivity contribution in [3.63, 3.8) is 0 Å². The Bertz CT molecular complexity index is 718. The third-order valence-corrected chi connectivity index (χ3v) is 4.13. The van der Waals surface area contributed by atoms with E-state index in [4.69, 9.17) is 4.74 Å². The highest BCUT2D eigenvalue weighted by molar-refractivity contribution is 14.0. The number of guanidine groups is 1. The van der Waals surface area contributed by atoms with E-state index >= 15 is 0 Å². The van der Waals surface area contributed by atoms with Crippen molar-refractivity contribution in [1.82, 2.24) is 16.0 Å². The third kappa shape index (κ3) is 8.46. The van der Waals surface area contributed by atoms with Crippen LogP contribution < -0.4 is 20.9 Å². The van der Waals surface area contributed by atoms with Gasteiger partial charge in [0, 0.05) is 32.4 Å². The van der Waals surface area contributed by atoms with Crippen LogP contribution in [0.2, 0.25) is 0 Å². The van der Waals surface area contributed by atoms with Crippen LogP contribution in [0.1, 0.15) is 32.8 Å². The van der Waals surface area contributed by atoms with Gasteiger partial charge in [-0.1, -0.05) is 18.2 Å². The fraction of sp³-hybridized carbons (Fsp3) is 0.550. The minimum atomic E-state index is -0.525. The molecule has 0 aromatic heterocycles. The molecule has 1 aromatic carbocycles. The zero-order valence-electron chi connectivity index (χ0n) is 17.6. The van der Waals surface area contributed by atoms with Gasteiger partial charge in [0.05, 0.1) is 6.54 Å². The van der Waals surface area contributed by atoms with Gasteiger partial charge in [-0.3, -0.25) is 9.79 Å². The first-order chi connectivity index (χ1) is 13.3. The highest BCUT2D eigenvalue weighted by Gasteiger charge is 2.22. The monoisotopic (exact) mass is 517 g/mol. The predicted molar refractivity (Wildman–Crippen MR) is 126 cm³/mol. The smallest absolute Gasteiger partial charge is 0.407 e. The molecular weight excluding hydrogens is 485 g/mol. The molecule has 162 valence electrons. The van der Waals surface area contributed by atoms with E-state index in [1.54, 1.807) is 7.05 Å². The van der Waals surface area contributed by atoms with E-state index in [2.05, 4.69) is 27.0 Å². The molecular formula is C20H32IN5O3. The van der Waals surface area contributed by atoms with Crippen LogP contribution in [0, 0.1) is 0 Å². The first-order valence-electron chi connectivity index (χ1n) is 9.60. The molecule has 3 N–H and O–H groups in total. The Morgan fingerprint density at radius 3 is 2.52 bits per heavy atom. The summed E-state index contributed by atoms with van der Waals surface area (Å²) in [6.45, 7) is 7.15.